The van der Waals surface area contributed by atoms with Gasteiger partial charge in [0.25, 0.3) is 0 Å². The average molecular weight is 280 g/mol. The van der Waals surface area contributed by atoms with E-state index in [9.17, 15) is 0 Å². The van der Waals surface area contributed by atoms with Crippen molar-refractivity contribution in [3.63, 3.8) is 0 Å². The maximum atomic E-state index is 4.31. The zero-order valence-corrected chi connectivity index (χ0v) is 10.7. The molecule has 0 atom stereocenters. The van der Waals surface area contributed by atoms with Crippen LogP contribution < -0.4 is 5.32 Å². The van der Waals surface area contributed by atoms with Crippen molar-refractivity contribution in [3.05, 3.63) is 40.5 Å². The van der Waals surface area contributed by atoms with Crippen molar-refractivity contribution in [2.24, 2.45) is 0 Å². The molecule has 0 spiro atoms. The predicted octanol–water partition coefficient (Wildman–Crippen LogP) is 2.95. The highest BCUT2D eigenvalue weighted by Gasteiger charge is 2.06. The molecule has 1 aromatic carbocycles. The number of aromatic amines is 1. The Hall–Kier alpha value is -1.13. The van der Waals surface area contributed by atoms with Gasteiger partial charge in [0.2, 0.25) is 0 Å². The molecule has 0 unspecified atom stereocenters. The number of benzene rings is 1. The lowest BCUT2D eigenvalue weighted by Gasteiger charge is -1.98. The third kappa shape index (κ3) is 2.51. The van der Waals surface area contributed by atoms with Crippen molar-refractivity contribution in [2.75, 3.05) is 6.54 Å². The second kappa shape index (κ2) is 5.27. The fourth-order valence-corrected chi connectivity index (χ4v) is 2.01. The van der Waals surface area contributed by atoms with E-state index in [4.69, 9.17) is 0 Å². The van der Waals surface area contributed by atoms with Crippen LogP contribution in [0.25, 0.3) is 11.3 Å². The van der Waals surface area contributed by atoms with E-state index < -0.39 is 0 Å². The third-order valence-electron chi connectivity index (χ3n) is 2.35. The highest BCUT2D eigenvalue weighted by molar-refractivity contribution is 9.10. The van der Waals surface area contributed by atoms with Gasteiger partial charge in [-0.25, -0.2) is 0 Å². The van der Waals surface area contributed by atoms with E-state index in [1.54, 1.807) is 0 Å². The molecule has 2 N–H and O–H groups in total. The van der Waals surface area contributed by atoms with Crippen molar-refractivity contribution in [1.82, 2.24) is 15.5 Å². The molecule has 2 aromatic rings. The normalized spacial score (nSPS) is 10.6. The molecule has 0 amide bonds. The monoisotopic (exact) mass is 279 g/mol. The highest BCUT2D eigenvalue weighted by Crippen LogP contribution is 2.26. The lowest BCUT2D eigenvalue weighted by molar-refractivity contribution is 0.707. The van der Waals surface area contributed by atoms with Crippen molar-refractivity contribution in [3.8, 4) is 11.3 Å². The van der Waals surface area contributed by atoms with Gasteiger partial charge in [-0.3, -0.25) is 5.10 Å². The van der Waals surface area contributed by atoms with Crippen LogP contribution in [0.5, 0.6) is 0 Å². The Morgan fingerprint density at radius 3 is 2.94 bits per heavy atom. The van der Waals surface area contributed by atoms with Crippen LogP contribution in [0.15, 0.2) is 34.8 Å². The van der Waals surface area contributed by atoms with Gasteiger partial charge in [0.05, 0.1) is 5.69 Å². The van der Waals surface area contributed by atoms with Crippen LogP contribution in [0.3, 0.4) is 0 Å². The summed E-state index contributed by atoms with van der Waals surface area (Å²) in [4.78, 5) is 0. The number of rotatable bonds is 4. The van der Waals surface area contributed by atoms with Crippen LogP contribution in [-0.2, 0) is 6.54 Å². The molecule has 0 bridgehead atoms. The summed E-state index contributed by atoms with van der Waals surface area (Å²) in [6.07, 6.45) is 0. The van der Waals surface area contributed by atoms with Gasteiger partial charge in [-0.15, -0.1) is 0 Å². The number of halogens is 1. The minimum atomic E-state index is 0.827. The first-order valence-corrected chi connectivity index (χ1v) is 6.10. The number of aromatic nitrogens is 2. The highest BCUT2D eigenvalue weighted by atomic mass is 79.9. The summed E-state index contributed by atoms with van der Waals surface area (Å²) in [7, 11) is 0. The molecule has 84 valence electrons. The Balaban J connectivity index is 2.22. The summed E-state index contributed by atoms with van der Waals surface area (Å²) in [6, 6.07) is 10.2. The maximum Gasteiger partial charge on any atom is 0.0935 e. The predicted molar refractivity (Wildman–Crippen MR) is 69.1 cm³/mol. The zero-order valence-electron chi connectivity index (χ0n) is 9.13. The molecule has 3 nitrogen and oxygen atoms in total. The van der Waals surface area contributed by atoms with Crippen LogP contribution in [0.4, 0.5) is 0 Å². The van der Waals surface area contributed by atoms with E-state index in [1.165, 1.54) is 0 Å². The Labute approximate surface area is 103 Å². The summed E-state index contributed by atoms with van der Waals surface area (Å²) in [5.41, 5.74) is 3.19. The lowest BCUT2D eigenvalue weighted by atomic mass is 10.1. The SMILES string of the molecule is CCNCc1cc(-c2ccccc2Br)n[nH]1. The Kier molecular flexibility index (Phi) is 3.74. The maximum absolute atomic E-state index is 4.31. The van der Waals surface area contributed by atoms with Crippen LogP contribution >= 0.6 is 15.9 Å². The standard InChI is InChI=1S/C12H14BrN3/c1-2-14-8-9-7-12(16-15-9)10-5-3-4-6-11(10)13/h3-7,14H,2,8H2,1H3,(H,15,16). The van der Waals surface area contributed by atoms with Crippen LogP contribution in [0, 0.1) is 0 Å². The smallest absolute Gasteiger partial charge is 0.0935 e. The zero-order chi connectivity index (χ0) is 11.4. The molecule has 4 heteroatoms. The minimum Gasteiger partial charge on any atom is -0.311 e. The lowest BCUT2D eigenvalue weighted by Crippen LogP contribution is -2.11. The molecule has 0 aliphatic heterocycles. The number of nitrogens with zero attached hydrogens (tertiary/aromatic N) is 1. The van der Waals surface area contributed by atoms with Gasteiger partial charge in [0, 0.05) is 22.3 Å². The second-order valence-corrected chi connectivity index (χ2v) is 4.39. The van der Waals surface area contributed by atoms with Crippen molar-refractivity contribution in [1.29, 1.82) is 0 Å². The molecule has 0 saturated carbocycles. The summed E-state index contributed by atoms with van der Waals surface area (Å²) in [6.45, 7) is 3.88. The van der Waals surface area contributed by atoms with Gasteiger partial charge in [0.1, 0.15) is 0 Å². The molecule has 0 aliphatic rings. The van der Waals surface area contributed by atoms with E-state index in [0.717, 1.165) is 34.5 Å². The van der Waals surface area contributed by atoms with E-state index in [0.29, 0.717) is 0 Å². The molecular formula is C12H14BrN3. The van der Waals surface area contributed by atoms with Gasteiger partial charge >= 0.3 is 0 Å². The summed E-state index contributed by atoms with van der Waals surface area (Å²) >= 11 is 3.53. The molecule has 2 rings (SSSR count). The van der Waals surface area contributed by atoms with Gasteiger partial charge in [-0.05, 0) is 18.7 Å². The minimum absolute atomic E-state index is 0.827. The van der Waals surface area contributed by atoms with E-state index in [-0.39, 0.29) is 0 Å². The van der Waals surface area contributed by atoms with Crippen LogP contribution in [0.2, 0.25) is 0 Å². The quantitative estimate of drug-likeness (QED) is 0.904. The van der Waals surface area contributed by atoms with Crippen LogP contribution in [-0.4, -0.2) is 16.7 Å². The molecular weight excluding hydrogens is 266 g/mol. The van der Waals surface area contributed by atoms with Gasteiger partial charge in [-0.2, -0.15) is 5.10 Å². The molecule has 16 heavy (non-hydrogen) atoms. The largest absolute Gasteiger partial charge is 0.311 e. The fourth-order valence-electron chi connectivity index (χ4n) is 1.52. The first kappa shape index (κ1) is 11.4. The number of H-pyrrole nitrogens is 1. The summed E-state index contributed by atoms with van der Waals surface area (Å²) in [5, 5.41) is 10.6. The fraction of sp³-hybridized carbons (Fsp3) is 0.250. The van der Waals surface area contributed by atoms with Gasteiger partial charge in [-0.1, -0.05) is 41.1 Å². The first-order valence-electron chi connectivity index (χ1n) is 5.31. The molecule has 1 heterocycles. The van der Waals surface area contributed by atoms with E-state index >= 15 is 0 Å². The van der Waals surface area contributed by atoms with E-state index in [2.05, 4.69) is 50.5 Å². The Bertz CT molecular complexity index is 465. The molecule has 0 fully saturated rings. The average Bonchev–Trinajstić information content (AvgIpc) is 2.75. The van der Waals surface area contributed by atoms with Gasteiger partial charge in [0.15, 0.2) is 0 Å². The molecule has 0 aliphatic carbocycles. The number of hydrogen-bond acceptors (Lipinski definition) is 2. The van der Waals surface area contributed by atoms with Crippen molar-refractivity contribution >= 4 is 15.9 Å². The topological polar surface area (TPSA) is 40.7 Å². The van der Waals surface area contributed by atoms with Crippen LogP contribution in [0.1, 0.15) is 12.6 Å². The molecule has 0 radical (unpaired) electrons. The third-order valence-corrected chi connectivity index (χ3v) is 3.04. The number of nitrogens with one attached hydrogen (secondary N) is 2. The van der Waals surface area contributed by atoms with E-state index in [1.807, 2.05) is 18.2 Å². The van der Waals surface area contributed by atoms with Gasteiger partial charge < -0.3 is 5.32 Å². The number of hydrogen-bond donors (Lipinski definition) is 2. The van der Waals surface area contributed by atoms with Crippen molar-refractivity contribution < 1.29 is 0 Å². The first-order chi connectivity index (χ1) is 7.81. The molecule has 0 saturated heterocycles. The molecule has 1 aromatic heterocycles. The Morgan fingerprint density at radius 1 is 1.38 bits per heavy atom. The Morgan fingerprint density at radius 2 is 2.19 bits per heavy atom. The van der Waals surface area contributed by atoms with Crippen molar-refractivity contribution in [2.45, 2.75) is 13.5 Å². The summed E-state index contributed by atoms with van der Waals surface area (Å²) in [5.74, 6) is 0. The summed E-state index contributed by atoms with van der Waals surface area (Å²) < 4.78 is 1.07. The second-order valence-electron chi connectivity index (χ2n) is 3.54.